The maximum absolute atomic E-state index is 12.2. The van der Waals surface area contributed by atoms with E-state index in [0.717, 1.165) is 25.5 Å². The van der Waals surface area contributed by atoms with Crippen molar-refractivity contribution in [1.29, 1.82) is 5.26 Å². The maximum Gasteiger partial charge on any atom is 0.410 e. The Morgan fingerprint density at radius 3 is 2.50 bits per heavy atom. The van der Waals surface area contributed by atoms with Crippen molar-refractivity contribution in [2.45, 2.75) is 58.3 Å². The lowest BCUT2D eigenvalue weighted by Crippen LogP contribution is -2.50. The molecule has 164 valence electrons. The zero-order valence-corrected chi connectivity index (χ0v) is 18.6. The molecule has 2 fully saturated rings. The minimum Gasteiger partial charge on any atom is -0.474 e. The normalized spacial score (nSPS) is 21.3. The summed E-state index contributed by atoms with van der Waals surface area (Å²) >= 11 is 0. The van der Waals surface area contributed by atoms with Crippen molar-refractivity contribution >= 4 is 11.9 Å². The highest BCUT2D eigenvalue weighted by Gasteiger charge is 2.29. The number of likely N-dealkylation sites (N-methyl/N-ethyl adjacent to an activating group) is 1. The molecule has 0 radical (unpaired) electrons. The number of piperidine rings is 1. The summed E-state index contributed by atoms with van der Waals surface area (Å²) in [6.45, 7) is 11.6. The van der Waals surface area contributed by atoms with Crippen LogP contribution in [0.15, 0.2) is 6.07 Å². The van der Waals surface area contributed by atoms with Crippen LogP contribution < -0.4 is 9.64 Å². The number of anilines is 1. The molecule has 9 heteroatoms. The Hall–Kier alpha value is -2.60. The van der Waals surface area contributed by atoms with E-state index in [1.807, 2.05) is 32.9 Å². The number of amides is 1. The summed E-state index contributed by atoms with van der Waals surface area (Å²) < 4.78 is 11.5. The molecule has 1 amide bonds. The van der Waals surface area contributed by atoms with E-state index in [9.17, 15) is 10.1 Å². The van der Waals surface area contributed by atoms with Gasteiger partial charge in [-0.05, 0) is 34.7 Å². The molecule has 1 atom stereocenters. The van der Waals surface area contributed by atoms with E-state index in [0.29, 0.717) is 31.8 Å². The summed E-state index contributed by atoms with van der Waals surface area (Å²) in [5.74, 6) is 1.25. The number of hydrogen-bond donors (Lipinski definition) is 0. The van der Waals surface area contributed by atoms with Crippen LogP contribution in [0.2, 0.25) is 0 Å². The van der Waals surface area contributed by atoms with Gasteiger partial charge in [-0.3, -0.25) is 0 Å². The highest BCUT2D eigenvalue weighted by Crippen LogP contribution is 2.25. The van der Waals surface area contributed by atoms with Crippen LogP contribution >= 0.6 is 0 Å². The summed E-state index contributed by atoms with van der Waals surface area (Å²) in [7, 11) is 2.10. The van der Waals surface area contributed by atoms with Crippen molar-refractivity contribution in [3.05, 3.63) is 11.9 Å². The second-order valence-electron chi connectivity index (χ2n) is 9.09. The van der Waals surface area contributed by atoms with Gasteiger partial charge in [-0.15, -0.1) is 0 Å². The van der Waals surface area contributed by atoms with Gasteiger partial charge in [0.1, 0.15) is 23.6 Å². The predicted molar refractivity (Wildman–Crippen MR) is 113 cm³/mol. The summed E-state index contributed by atoms with van der Waals surface area (Å²) in [5, 5.41) is 9.37. The average Bonchev–Trinajstić information content (AvgIpc) is 2.67. The van der Waals surface area contributed by atoms with Crippen LogP contribution in [0.4, 0.5) is 10.6 Å². The van der Waals surface area contributed by atoms with Gasteiger partial charge >= 0.3 is 6.09 Å². The number of carbonyl (C=O) groups is 1. The maximum atomic E-state index is 12.2. The lowest BCUT2D eigenvalue weighted by molar-refractivity contribution is 0.0123. The molecule has 3 rings (SSSR count). The van der Waals surface area contributed by atoms with Crippen molar-refractivity contribution in [3.8, 4) is 11.9 Å². The van der Waals surface area contributed by atoms with Gasteiger partial charge in [0.2, 0.25) is 11.7 Å². The monoisotopic (exact) mass is 416 g/mol. The van der Waals surface area contributed by atoms with Crippen LogP contribution in [0.3, 0.4) is 0 Å². The number of rotatable bonds is 3. The number of aromatic nitrogens is 2. The number of piperazine rings is 1. The van der Waals surface area contributed by atoms with Crippen LogP contribution in [-0.4, -0.2) is 83.4 Å². The molecule has 9 nitrogen and oxygen atoms in total. The van der Waals surface area contributed by atoms with Crippen LogP contribution in [0.25, 0.3) is 0 Å². The van der Waals surface area contributed by atoms with Gasteiger partial charge < -0.3 is 24.2 Å². The summed E-state index contributed by atoms with van der Waals surface area (Å²) in [6, 6.07) is 4.15. The Morgan fingerprint density at radius 1 is 1.20 bits per heavy atom. The number of nitrogens with zero attached hydrogens (tertiary/aromatic N) is 6. The smallest absolute Gasteiger partial charge is 0.410 e. The molecule has 2 saturated heterocycles. The number of carbonyl (C=O) groups excluding carboxylic acids is 1. The minimum atomic E-state index is -0.504. The molecule has 1 aromatic rings. The minimum absolute atomic E-state index is 0.0668. The van der Waals surface area contributed by atoms with E-state index < -0.39 is 5.60 Å². The van der Waals surface area contributed by atoms with Crippen molar-refractivity contribution in [2.24, 2.45) is 0 Å². The molecular formula is C21H32N6O3. The fraction of sp³-hybridized carbons (Fsp3) is 0.714. The van der Waals surface area contributed by atoms with Crippen molar-refractivity contribution in [3.63, 3.8) is 0 Å². The molecule has 0 aromatic carbocycles. The summed E-state index contributed by atoms with van der Waals surface area (Å²) in [4.78, 5) is 27.1. The molecule has 0 unspecified atom stereocenters. The van der Waals surface area contributed by atoms with Crippen LogP contribution in [-0.2, 0) is 4.74 Å². The number of hydrogen-bond acceptors (Lipinski definition) is 8. The molecule has 2 aliphatic rings. The Bertz CT molecular complexity index is 795. The van der Waals surface area contributed by atoms with E-state index >= 15 is 0 Å². The van der Waals surface area contributed by atoms with Gasteiger partial charge in [-0.2, -0.15) is 10.2 Å². The molecule has 0 N–H and O–H groups in total. The Morgan fingerprint density at radius 2 is 1.90 bits per heavy atom. The van der Waals surface area contributed by atoms with E-state index in [1.54, 1.807) is 4.90 Å². The highest BCUT2D eigenvalue weighted by molar-refractivity contribution is 5.68. The molecule has 30 heavy (non-hydrogen) atoms. The third-order valence-corrected chi connectivity index (χ3v) is 5.30. The molecule has 0 bridgehead atoms. The quantitative estimate of drug-likeness (QED) is 0.741. The van der Waals surface area contributed by atoms with Gasteiger partial charge in [-0.25, -0.2) is 9.78 Å². The van der Waals surface area contributed by atoms with E-state index in [4.69, 9.17) is 9.47 Å². The number of nitriles is 1. The predicted octanol–water partition coefficient (Wildman–Crippen LogP) is 2.27. The Balaban J connectivity index is 1.63. The van der Waals surface area contributed by atoms with Gasteiger partial charge in [0, 0.05) is 57.7 Å². The van der Waals surface area contributed by atoms with Gasteiger partial charge in [0.25, 0.3) is 0 Å². The first-order valence-electron chi connectivity index (χ1n) is 10.5. The third kappa shape index (κ3) is 5.72. The van der Waals surface area contributed by atoms with Crippen LogP contribution in [0.5, 0.6) is 5.88 Å². The van der Waals surface area contributed by atoms with Crippen LogP contribution in [0.1, 0.15) is 46.4 Å². The van der Waals surface area contributed by atoms with Crippen molar-refractivity contribution in [1.82, 2.24) is 19.8 Å². The number of ether oxygens (including phenoxy) is 2. The first-order chi connectivity index (χ1) is 14.1. The standard InChI is InChI=1S/C21H32N6O3/c1-15-14-25(5)10-11-27(15)18-12-19(24-17(13-22)23-18)29-16-6-8-26(9-7-16)20(28)30-21(2,3)4/h12,15-16H,6-11,14H2,1-5H3/t15-/m0/s1. The highest BCUT2D eigenvalue weighted by atomic mass is 16.6. The molecule has 0 spiro atoms. The Kier molecular flexibility index (Phi) is 6.66. The lowest BCUT2D eigenvalue weighted by atomic mass is 10.1. The van der Waals surface area contributed by atoms with Gasteiger partial charge in [-0.1, -0.05) is 0 Å². The van der Waals surface area contributed by atoms with Crippen LogP contribution in [0, 0.1) is 11.3 Å². The lowest BCUT2D eigenvalue weighted by Gasteiger charge is -2.39. The van der Waals surface area contributed by atoms with E-state index in [2.05, 4.69) is 33.7 Å². The zero-order chi connectivity index (χ0) is 21.9. The number of likely N-dealkylation sites (tertiary alicyclic amines) is 1. The second-order valence-corrected chi connectivity index (χ2v) is 9.09. The Labute approximate surface area is 178 Å². The second kappa shape index (κ2) is 9.04. The first kappa shape index (κ1) is 22.1. The molecule has 3 heterocycles. The summed E-state index contributed by atoms with van der Waals surface area (Å²) in [6.07, 6.45) is 1.01. The fourth-order valence-electron chi connectivity index (χ4n) is 3.80. The van der Waals surface area contributed by atoms with Crippen molar-refractivity contribution in [2.75, 3.05) is 44.7 Å². The van der Waals surface area contributed by atoms with Crippen molar-refractivity contribution < 1.29 is 14.3 Å². The molecule has 0 aliphatic carbocycles. The molecule has 2 aliphatic heterocycles. The molecular weight excluding hydrogens is 384 g/mol. The SMILES string of the molecule is C[C@H]1CN(C)CCN1c1cc(OC2CCN(C(=O)OC(C)(C)C)CC2)nc(C#N)n1. The molecule has 1 aromatic heterocycles. The van der Waals surface area contributed by atoms with E-state index in [-0.39, 0.29) is 24.1 Å². The topological polar surface area (TPSA) is 94.8 Å². The van der Waals surface area contributed by atoms with Gasteiger partial charge in [0.15, 0.2) is 0 Å². The van der Waals surface area contributed by atoms with E-state index in [1.165, 1.54) is 0 Å². The average molecular weight is 417 g/mol. The summed E-state index contributed by atoms with van der Waals surface area (Å²) in [5.41, 5.74) is -0.504. The van der Waals surface area contributed by atoms with Gasteiger partial charge in [0.05, 0.1) is 0 Å². The fourth-order valence-corrected chi connectivity index (χ4v) is 3.80. The molecule has 0 saturated carbocycles. The largest absolute Gasteiger partial charge is 0.474 e. The first-order valence-corrected chi connectivity index (χ1v) is 10.5. The third-order valence-electron chi connectivity index (χ3n) is 5.30. The zero-order valence-electron chi connectivity index (χ0n) is 18.6.